The van der Waals surface area contributed by atoms with Gasteiger partial charge in [0.15, 0.2) is 0 Å². The first-order chi connectivity index (χ1) is 5.70. The molecular formula is C8H12N2S2. The Kier molecular flexibility index (Phi) is 7.02. The minimum absolute atomic E-state index is 0.241. The Morgan fingerprint density at radius 2 is 1.33 bits per heavy atom. The third-order valence-electron chi connectivity index (χ3n) is 1.55. The highest BCUT2D eigenvalue weighted by molar-refractivity contribution is 7.78. The Labute approximate surface area is 83.8 Å². The van der Waals surface area contributed by atoms with Crippen LogP contribution in [0.3, 0.4) is 0 Å². The Morgan fingerprint density at radius 1 is 1.00 bits per heavy atom. The fourth-order valence-electron chi connectivity index (χ4n) is 0.791. The number of isothiocyanates is 2. The predicted molar refractivity (Wildman–Crippen MR) is 58.2 cm³/mol. The average Bonchev–Trinajstić information content (AvgIpc) is 2.02. The van der Waals surface area contributed by atoms with Crippen molar-refractivity contribution in [1.29, 1.82) is 0 Å². The van der Waals surface area contributed by atoms with Gasteiger partial charge in [0.25, 0.3) is 0 Å². The Morgan fingerprint density at radius 3 is 1.58 bits per heavy atom. The average molecular weight is 200 g/mol. The molecule has 0 rings (SSSR count). The molecule has 0 aliphatic carbocycles. The number of nitrogens with zero attached hydrogens (tertiary/aromatic N) is 2. The second-order valence-electron chi connectivity index (χ2n) is 2.72. The van der Waals surface area contributed by atoms with E-state index in [1.165, 1.54) is 0 Å². The van der Waals surface area contributed by atoms with Crippen LogP contribution in [0.15, 0.2) is 9.98 Å². The summed E-state index contributed by atoms with van der Waals surface area (Å²) in [4.78, 5) is 7.87. The molecule has 0 bridgehead atoms. The smallest absolute Gasteiger partial charge is 0.0587 e. The summed E-state index contributed by atoms with van der Waals surface area (Å²) < 4.78 is 0. The van der Waals surface area contributed by atoms with Crippen molar-refractivity contribution in [1.82, 2.24) is 0 Å². The van der Waals surface area contributed by atoms with Crippen molar-refractivity contribution in [2.75, 3.05) is 0 Å². The molecule has 66 valence electrons. The van der Waals surface area contributed by atoms with Gasteiger partial charge in [0.2, 0.25) is 0 Å². The van der Waals surface area contributed by atoms with Crippen molar-refractivity contribution in [3.63, 3.8) is 0 Å². The molecule has 0 aliphatic heterocycles. The van der Waals surface area contributed by atoms with Gasteiger partial charge in [-0.3, -0.25) is 0 Å². The van der Waals surface area contributed by atoms with Crippen LogP contribution in [0.2, 0.25) is 0 Å². The van der Waals surface area contributed by atoms with Crippen molar-refractivity contribution in [3.05, 3.63) is 0 Å². The van der Waals surface area contributed by atoms with Gasteiger partial charge in [-0.1, -0.05) is 0 Å². The molecule has 2 atom stereocenters. The lowest BCUT2D eigenvalue weighted by molar-refractivity contribution is 0.570. The summed E-state index contributed by atoms with van der Waals surface area (Å²) in [5.74, 6) is 0. The van der Waals surface area contributed by atoms with Crippen LogP contribution in [-0.2, 0) is 0 Å². The van der Waals surface area contributed by atoms with Gasteiger partial charge in [-0.25, -0.2) is 9.98 Å². The lowest BCUT2D eigenvalue weighted by atomic mass is 10.1. The predicted octanol–water partition coefficient (Wildman–Crippen LogP) is 2.75. The molecule has 0 aromatic carbocycles. The quantitative estimate of drug-likeness (QED) is 0.503. The lowest BCUT2D eigenvalue weighted by Gasteiger charge is -2.05. The molecule has 0 N–H and O–H groups in total. The maximum absolute atomic E-state index is 4.49. The molecular weight excluding hydrogens is 188 g/mol. The molecule has 12 heavy (non-hydrogen) atoms. The third kappa shape index (κ3) is 6.32. The highest BCUT2D eigenvalue weighted by atomic mass is 32.1. The van der Waals surface area contributed by atoms with Crippen molar-refractivity contribution >= 4 is 34.8 Å². The van der Waals surface area contributed by atoms with Crippen LogP contribution in [-0.4, -0.2) is 22.4 Å². The molecule has 0 spiro atoms. The Balaban J connectivity index is 3.66. The van der Waals surface area contributed by atoms with Crippen LogP contribution in [0.4, 0.5) is 0 Å². The van der Waals surface area contributed by atoms with Crippen LogP contribution < -0.4 is 0 Å². The van der Waals surface area contributed by atoms with Crippen molar-refractivity contribution < 1.29 is 0 Å². The minimum atomic E-state index is 0.241. The maximum Gasteiger partial charge on any atom is 0.0587 e. The zero-order chi connectivity index (χ0) is 9.40. The van der Waals surface area contributed by atoms with E-state index in [1.807, 2.05) is 13.8 Å². The lowest BCUT2D eigenvalue weighted by Crippen LogP contribution is -2.04. The van der Waals surface area contributed by atoms with E-state index < -0.39 is 0 Å². The standard InChI is InChI=1S/C8H12N2S2/c1-7(9-5-11)3-4-8(2)10-6-12/h7-8H,3-4H2,1-2H3. The first kappa shape index (κ1) is 11.6. The van der Waals surface area contributed by atoms with E-state index in [0.717, 1.165) is 12.8 Å². The van der Waals surface area contributed by atoms with Crippen LogP contribution in [0.5, 0.6) is 0 Å². The number of hydrogen-bond donors (Lipinski definition) is 0. The van der Waals surface area contributed by atoms with E-state index in [0.29, 0.717) is 0 Å². The van der Waals surface area contributed by atoms with E-state index in [4.69, 9.17) is 0 Å². The van der Waals surface area contributed by atoms with Gasteiger partial charge in [0, 0.05) is 0 Å². The summed E-state index contributed by atoms with van der Waals surface area (Å²) in [7, 11) is 0. The zero-order valence-corrected chi connectivity index (χ0v) is 8.91. The Hall–Kier alpha value is -0.400. The van der Waals surface area contributed by atoms with Gasteiger partial charge in [-0.2, -0.15) is 0 Å². The van der Waals surface area contributed by atoms with Crippen LogP contribution in [0.1, 0.15) is 26.7 Å². The SMILES string of the molecule is CC(CCC(C)N=C=S)N=C=S. The van der Waals surface area contributed by atoms with Gasteiger partial charge >= 0.3 is 0 Å². The molecule has 0 radical (unpaired) electrons. The van der Waals surface area contributed by atoms with Gasteiger partial charge in [0.05, 0.1) is 22.4 Å². The number of hydrogen-bond acceptors (Lipinski definition) is 4. The molecule has 0 amide bonds. The first-order valence-electron chi connectivity index (χ1n) is 3.84. The number of rotatable bonds is 5. The summed E-state index contributed by atoms with van der Waals surface area (Å²) in [6, 6.07) is 0.482. The normalized spacial score (nSPS) is 13.8. The molecule has 0 aliphatic rings. The van der Waals surface area contributed by atoms with Crippen molar-refractivity contribution in [3.8, 4) is 0 Å². The van der Waals surface area contributed by atoms with Crippen molar-refractivity contribution in [2.24, 2.45) is 9.98 Å². The van der Waals surface area contributed by atoms with E-state index in [1.54, 1.807) is 0 Å². The summed E-state index contributed by atoms with van der Waals surface area (Å²) in [5, 5.41) is 4.73. The van der Waals surface area contributed by atoms with E-state index in [-0.39, 0.29) is 12.1 Å². The number of aliphatic imine (C=N–C) groups is 2. The summed E-state index contributed by atoms with van der Waals surface area (Å²) in [6.07, 6.45) is 1.93. The summed E-state index contributed by atoms with van der Waals surface area (Å²) >= 11 is 8.98. The molecule has 0 aromatic heterocycles. The fraction of sp³-hybridized carbons (Fsp3) is 0.750. The largest absolute Gasteiger partial charge is 0.229 e. The first-order valence-corrected chi connectivity index (χ1v) is 4.66. The molecule has 0 saturated carbocycles. The zero-order valence-electron chi connectivity index (χ0n) is 7.28. The third-order valence-corrected chi connectivity index (χ3v) is 1.76. The summed E-state index contributed by atoms with van der Waals surface area (Å²) in [5.41, 5.74) is 0. The number of thiocarbonyl (C=S) groups is 2. The topological polar surface area (TPSA) is 24.7 Å². The molecule has 0 heterocycles. The highest BCUT2D eigenvalue weighted by Gasteiger charge is 2.02. The maximum atomic E-state index is 4.49. The van der Waals surface area contributed by atoms with E-state index >= 15 is 0 Å². The van der Waals surface area contributed by atoms with Gasteiger partial charge in [0.1, 0.15) is 0 Å². The fourth-order valence-corrected chi connectivity index (χ4v) is 1.15. The van der Waals surface area contributed by atoms with Crippen molar-refractivity contribution in [2.45, 2.75) is 38.8 Å². The second-order valence-corrected chi connectivity index (χ2v) is 3.08. The van der Waals surface area contributed by atoms with Crippen LogP contribution >= 0.6 is 24.4 Å². The van der Waals surface area contributed by atoms with Crippen LogP contribution in [0.25, 0.3) is 0 Å². The molecule has 2 unspecified atom stereocenters. The second kappa shape index (κ2) is 7.26. The van der Waals surface area contributed by atoms with Gasteiger partial charge in [-0.15, -0.1) is 0 Å². The van der Waals surface area contributed by atoms with E-state index in [9.17, 15) is 0 Å². The monoisotopic (exact) mass is 200 g/mol. The van der Waals surface area contributed by atoms with E-state index in [2.05, 4.69) is 44.7 Å². The molecule has 0 aromatic rings. The van der Waals surface area contributed by atoms with Gasteiger partial charge < -0.3 is 0 Å². The minimum Gasteiger partial charge on any atom is -0.229 e. The van der Waals surface area contributed by atoms with Gasteiger partial charge in [-0.05, 0) is 51.1 Å². The molecule has 0 saturated heterocycles. The molecule has 2 nitrogen and oxygen atoms in total. The summed E-state index contributed by atoms with van der Waals surface area (Å²) in [6.45, 7) is 4.01. The molecule has 4 heteroatoms. The van der Waals surface area contributed by atoms with Crippen LogP contribution in [0, 0.1) is 0 Å². The molecule has 0 fully saturated rings. The Bertz CT molecular complexity index is 191. The highest BCUT2D eigenvalue weighted by Crippen LogP contribution is 2.05.